The van der Waals surface area contributed by atoms with E-state index in [-0.39, 0.29) is 0 Å². The molecule has 0 N–H and O–H groups in total. The van der Waals surface area contributed by atoms with Gasteiger partial charge in [0.1, 0.15) is 0 Å². The zero-order chi connectivity index (χ0) is 21.0. The van der Waals surface area contributed by atoms with Crippen LogP contribution in [0.15, 0.2) is 127 Å². The van der Waals surface area contributed by atoms with Gasteiger partial charge in [-0.15, -0.1) is 0 Å². The highest BCUT2D eigenvalue weighted by atomic mass is 14.2. The molecule has 0 heteroatoms. The van der Waals surface area contributed by atoms with E-state index in [1.165, 1.54) is 50.1 Å². The summed E-state index contributed by atoms with van der Waals surface area (Å²) in [5.41, 5.74) is 11.2. The molecule has 0 aliphatic rings. The summed E-state index contributed by atoms with van der Waals surface area (Å²) in [5, 5.41) is 0. The van der Waals surface area contributed by atoms with Gasteiger partial charge < -0.3 is 0 Å². The van der Waals surface area contributed by atoms with Gasteiger partial charge in [-0.1, -0.05) is 121 Å². The fourth-order valence-electron chi connectivity index (χ4n) is 4.22. The molecule has 0 spiro atoms. The Morgan fingerprint density at radius 2 is 0.677 bits per heavy atom. The minimum absolute atomic E-state index is 1.23. The first-order valence-corrected chi connectivity index (χ1v) is 10.7. The molecule has 0 saturated carbocycles. The highest BCUT2D eigenvalue weighted by molar-refractivity contribution is 5.95. The van der Waals surface area contributed by atoms with Crippen LogP contribution in [-0.2, 0) is 0 Å². The molecular weight excluding hydrogens is 372 g/mol. The van der Waals surface area contributed by atoms with Gasteiger partial charge in [0.15, 0.2) is 0 Å². The molecule has 31 heavy (non-hydrogen) atoms. The first kappa shape index (κ1) is 19.1. The summed E-state index contributed by atoms with van der Waals surface area (Å²) in [4.78, 5) is 0. The number of hydrogen-bond donors (Lipinski definition) is 0. The quantitative estimate of drug-likeness (QED) is 0.285. The molecule has 0 atom stereocenters. The highest BCUT2D eigenvalue weighted by Gasteiger charge is 2.15. The van der Waals surface area contributed by atoms with Crippen molar-refractivity contribution in [1.29, 1.82) is 0 Å². The molecule has 0 fully saturated rings. The predicted molar refractivity (Wildman–Crippen MR) is 133 cm³/mol. The van der Waals surface area contributed by atoms with Crippen molar-refractivity contribution in [2.45, 2.75) is 6.92 Å². The van der Waals surface area contributed by atoms with E-state index < -0.39 is 0 Å². The first-order chi connectivity index (χ1) is 15.3. The molecule has 0 unspecified atom stereocenters. The van der Waals surface area contributed by atoms with E-state index in [1.807, 2.05) is 0 Å². The second-order valence-electron chi connectivity index (χ2n) is 7.91. The minimum atomic E-state index is 1.23. The predicted octanol–water partition coefficient (Wildman–Crippen LogP) is 8.66. The zero-order valence-electron chi connectivity index (χ0n) is 17.6. The summed E-state index contributed by atoms with van der Waals surface area (Å²) < 4.78 is 0. The number of benzene rings is 5. The molecule has 0 aromatic heterocycles. The van der Waals surface area contributed by atoms with Crippen molar-refractivity contribution >= 4 is 0 Å². The maximum Gasteiger partial charge on any atom is -0.00987 e. The Morgan fingerprint density at radius 1 is 0.323 bits per heavy atom. The van der Waals surface area contributed by atoms with Gasteiger partial charge in [0.2, 0.25) is 0 Å². The number of rotatable bonds is 4. The monoisotopic (exact) mass is 396 g/mol. The van der Waals surface area contributed by atoms with Crippen molar-refractivity contribution in [1.82, 2.24) is 0 Å². The third-order valence-corrected chi connectivity index (χ3v) is 5.74. The van der Waals surface area contributed by atoms with Crippen molar-refractivity contribution in [3.63, 3.8) is 0 Å². The standard InChI is InChI=1S/C31H24/c1-23-12-11-19-27(20-23)31-22-29(25-15-7-3-8-16-25)28(24-13-5-2-6-14-24)21-30(31)26-17-9-4-10-18-26/h2-22H,1H3. The van der Waals surface area contributed by atoms with Gasteiger partial charge in [-0.05, 0) is 63.6 Å². The Morgan fingerprint density at radius 3 is 1.06 bits per heavy atom. The third kappa shape index (κ3) is 3.93. The van der Waals surface area contributed by atoms with Crippen LogP contribution in [0, 0.1) is 6.92 Å². The average Bonchev–Trinajstić information content (AvgIpc) is 2.85. The van der Waals surface area contributed by atoms with Gasteiger partial charge in [-0.3, -0.25) is 0 Å². The summed E-state index contributed by atoms with van der Waals surface area (Å²) in [5.74, 6) is 0. The number of hydrogen-bond acceptors (Lipinski definition) is 0. The van der Waals surface area contributed by atoms with Crippen LogP contribution >= 0.6 is 0 Å². The third-order valence-electron chi connectivity index (χ3n) is 5.74. The topological polar surface area (TPSA) is 0 Å². The lowest BCUT2D eigenvalue weighted by Gasteiger charge is -2.18. The van der Waals surface area contributed by atoms with Crippen LogP contribution in [0.25, 0.3) is 44.5 Å². The molecule has 5 aromatic carbocycles. The SMILES string of the molecule is Cc1cccc(-c2cc(-c3ccccc3)c(-c3ccccc3)cc2-c2ccccc2)c1. The van der Waals surface area contributed by atoms with Gasteiger partial charge in [-0.2, -0.15) is 0 Å². The van der Waals surface area contributed by atoms with E-state index in [0.717, 1.165) is 0 Å². The van der Waals surface area contributed by atoms with Crippen LogP contribution in [0.2, 0.25) is 0 Å². The largest absolute Gasteiger partial charge is 0.0622 e. The Labute approximate surface area is 184 Å². The lowest BCUT2D eigenvalue weighted by molar-refractivity contribution is 1.46. The lowest BCUT2D eigenvalue weighted by Crippen LogP contribution is -1.92. The van der Waals surface area contributed by atoms with Crippen molar-refractivity contribution in [3.8, 4) is 44.5 Å². The van der Waals surface area contributed by atoms with Crippen LogP contribution in [0.1, 0.15) is 5.56 Å². The fraction of sp³-hybridized carbons (Fsp3) is 0.0323. The highest BCUT2D eigenvalue weighted by Crippen LogP contribution is 2.42. The molecule has 148 valence electrons. The molecule has 5 rings (SSSR count). The minimum Gasteiger partial charge on any atom is -0.0622 e. The van der Waals surface area contributed by atoms with Crippen LogP contribution < -0.4 is 0 Å². The Kier molecular flexibility index (Phi) is 5.21. The molecule has 0 nitrogen and oxygen atoms in total. The lowest BCUT2D eigenvalue weighted by atomic mass is 9.85. The van der Waals surface area contributed by atoms with Crippen LogP contribution in [-0.4, -0.2) is 0 Å². The van der Waals surface area contributed by atoms with Crippen LogP contribution in [0.3, 0.4) is 0 Å². The normalized spacial score (nSPS) is 10.7. The molecular formula is C31H24. The van der Waals surface area contributed by atoms with Gasteiger partial charge in [0.05, 0.1) is 0 Å². The maximum absolute atomic E-state index is 2.37. The molecule has 0 amide bonds. The summed E-state index contributed by atoms with van der Waals surface area (Å²) in [7, 11) is 0. The molecule has 0 aliphatic carbocycles. The van der Waals surface area contributed by atoms with E-state index >= 15 is 0 Å². The fourth-order valence-corrected chi connectivity index (χ4v) is 4.22. The summed E-state index contributed by atoms with van der Waals surface area (Å²) in [6, 6.07) is 45.6. The maximum atomic E-state index is 2.37. The van der Waals surface area contributed by atoms with E-state index in [2.05, 4.69) is 134 Å². The molecule has 0 saturated heterocycles. The number of aryl methyl sites for hydroxylation is 1. The summed E-state index contributed by atoms with van der Waals surface area (Å²) in [6.45, 7) is 2.15. The van der Waals surface area contributed by atoms with Crippen LogP contribution in [0.4, 0.5) is 0 Å². The van der Waals surface area contributed by atoms with E-state index in [1.54, 1.807) is 0 Å². The summed E-state index contributed by atoms with van der Waals surface area (Å²) >= 11 is 0. The van der Waals surface area contributed by atoms with Gasteiger partial charge in [0, 0.05) is 0 Å². The molecule has 5 aromatic rings. The van der Waals surface area contributed by atoms with Crippen LogP contribution in [0.5, 0.6) is 0 Å². The average molecular weight is 397 g/mol. The first-order valence-electron chi connectivity index (χ1n) is 10.7. The summed E-state index contributed by atoms with van der Waals surface area (Å²) in [6.07, 6.45) is 0. The van der Waals surface area contributed by atoms with E-state index in [9.17, 15) is 0 Å². The van der Waals surface area contributed by atoms with Gasteiger partial charge >= 0.3 is 0 Å². The van der Waals surface area contributed by atoms with E-state index in [0.29, 0.717) is 0 Å². The molecule has 0 radical (unpaired) electrons. The molecule has 0 heterocycles. The van der Waals surface area contributed by atoms with E-state index in [4.69, 9.17) is 0 Å². The van der Waals surface area contributed by atoms with Crippen molar-refractivity contribution in [3.05, 3.63) is 133 Å². The smallest absolute Gasteiger partial charge is 0.00987 e. The second-order valence-corrected chi connectivity index (χ2v) is 7.91. The van der Waals surface area contributed by atoms with Crippen molar-refractivity contribution in [2.24, 2.45) is 0 Å². The second kappa shape index (κ2) is 8.45. The Balaban J connectivity index is 1.85. The molecule has 0 bridgehead atoms. The van der Waals surface area contributed by atoms with Gasteiger partial charge in [0.25, 0.3) is 0 Å². The molecule has 0 aliphatic heterocycles. The zero-order valence-corrected chi connectivity index (χ0v) is 17.6. The van der Waals surface area contributed by atoms with Gasteiger partial charge in [-0.25, -0.2) is 0 Å². The van der Waals surface area contributed by atoms with Crippen molar-refractivity contribution < 1.29 is 0 Å². The Hall–Kier alpha value is -3.90. The van der Waals surface area contributed by atoms with Crippen molar-refractivity contribution in [2.75, 3.05) is 0 Å². The Bertz CT molecular complexity index is 1300.